The lowest BCUT2D eigenvalue weighted by atomic mass is 10.1. The molecular formula is C19H12N4O7. The van der Waals surface area contributed by atoms with Crippen LogP contribution >= 0.6 is 0 Å². The van der Waals surface area contributed by atoms with Gasteiger partial charge in [0.2, 0.25) is 5.52 Å². The summed E-state index contributed by atoms with van der Waals surface area (Å²) < 4.78 is 2.14. The molecule has 11 nitrogen and oxygen atoms in total. The third-order valence-electron chi connectivity index (χ3n) is 4.18. The molecule has 0 saturated carbocycles. The van der Waals surface area contributed by atoms with Gasteiger partial charge in [-0.25, -0.2) is 0 Å². The minimum atomic E-state index is -1.46. The van der Waals surface area contributed by atoms with Crippen molar-refractivity contribution in [2.24, 2.45) is 0 Å². The predicted octanol–water partition coefficient (Wildman–Crippen LogP) is 3.06. The van der Waals surface area contributed by atoms with Crippen LogP contribution in [0.1, 0.15) is 0 Å². The van der Waals surface area contributed by atoms with Crippen molar-refractivity contribution in [2.75, 3.05) is 0 Å². The molecule has 4 rings (SSSR count). The van der Waals surface area contributed by atoms with Crippen LogP contribution in [0.5, 0.6) is 5.75 Å². The van der Waals surface area contributed by atoms with Crippen LogP contribution in [0, 0.1) is 30.3 Å². The van der Waals surface area contributed by atoms with Crippen LogP contribution in [-0.2, 0) is 0 Å². The molecular weight excluding hydrogens is 396 g/mol. The maximum absolute atomic E-state index is 11.1. The SMILES string of the molecule is O=[N+]([O-])c1cc([N+](=O)[O-])c([O-])c([N+](=O)[O-])c1.c1ccc2c(c1)cc[n+]1ccccc21. The molecule has 0 aliphatic rings. The fourth-order valence-electron chi connectivity index (χ4n) is 2.81. The lowest BCUT2D eigenvalue weighted by Gasteiger charge is -2.06. The van der Waals surface area contributed by atoms with E-state index in [-0.39, 0.29) is 0 Å². The molecule has 0 aliphatic carbocycles. The number of nitro groups is 3. The van der Waals surface area contributed by atoms with Crippen LogP contribution in [0.25, 0.3) is 16.3 Å². The number of aromatic nitrogens is 1. The first kappa shape index (κ1) is 20.1. The standard InChI is InChI=1S/C13H10N.C6H3N3O7/c1-2-6-12-11(5-1)8-10-14-9-4-3-7-13(12)14;10-6-4(8(13)14)1-3(7(11)12)2-5(6)9(15)16/h1-10H;1-2,10H/q+1;/p-1. The second kappa shape index (κ2) is 8.14. The number of nitrogens with zero attached hydrogens (tertiary/aromatic N) is 4. The summed E-state index contributed by atoms with van der Waals surface area (Å²) in [5.74, 6) is -1.46. The van der Waals surface area contributed by atoms with Crippen molar-refractivity contribution in [3.63, 3.8) is 0 Å². The summed E-state index contributed by atoms with van der Waals surface area (Å²) in [6, 6.07) is 17.6. The van der Waals surface area contributed by atoms with Gasteiger partial charge in [-0.1, -0.05) is 18.2 Å². The summed E-state index contributed by atoms with van der Waals surface area (Å²) in [5.41, 5.74) is -2.01. The summed E-state index contributed by atoms with van der Waals surface area (Å²) in [4.78, 5) is 27.5. The highest BCUT2D eigenvalue weighted by molar-refractivity contribution is 5.93. The maximum Gasteiger partial charge on any atom is 0.283 e. The molecule has 0 atom stereocenters. The molecule has 0 aliphatic heterocycles. The molecule has 0 N–H and O–H groups in total. The van der Waals surface area contributed by atoms with E-state index in [2.05, 4.69) is 59.3 Å². The van der Waals surface area contributed by atoms with E-state index in [0.29, 0.717) is 12.1 Å². The van der Waals surface area contributed by atoms with Gasteiger partial charge in [-0.15, -0.1) is 0 Å². The first-order valence-corrected chi connectivity index (χ1v) is 8.35. The largest absolute Gasteiger partial charge is 0.863 e. The summed E-state index contributed by atoms with van der Waals surface area (Å²) in [5, 5.41) is 44.7. The van der Waals surface area contributed by atoms with Crippen LogP contribution < -0.4 is 9.51 Å². The van der Waals surface area contributed by atoms with Gasteiger partial charge >= 0.3 is 0 Å². The number of rotatable bonds is 3. The van der Waals surface area contributed by atoms with Crippen molar-refractivity contribution in [3.8, 4) is 5.75 Å². The van der Waals surface area contributed by atoms with E-state index in [9.17, 15) is 35.4 Å². The molecule has 0 bridgehead atoms. The lowest BCUT2D eigenvalue weighted by molar-refractivity contribution is -0.510. The average molecular weight is 408 g/mol. The number of hydrogen-bond acceptors (Lipinski definition) is 7. The Morgan fingerprint density at radius 1 is 0.700 bits per heavy atom. The Hall–Kier alpha value is -4.67. The molecule has 2 heterocycles. The molecule has 4 aromatic rings. The Kier molecular flexibility index (Phi) is 5.45. The zero-order valence-corrected chi connectivity index (χ0v) is 15.1. The Bertz CT molecular complexity index is 1220. The number of hydrogen-bond donors (Lipinski definition) is 0. The van der Waals surface area contributed by atoms with E-state index < -0.39 is 37.6 Å². The summed E-state index contributed by atoms with van der Waals surface area (Å²) in [6.07, 6.45) is 4.17. The fourth-order valence-corrected chi connectivity index (χ4v) is 2.81. The Morgan fingerprint density at radius 3 is 1.90 bits per heavy atom. The number of nitro benzene ring substituents is 3. The third kappa shape index (κ3) is 3.94. The van der Waals surface area contributed by atoms with Gasteiger partial charge in [-0.3, -0.25) is 30.3 Å². The van der Waals surface area contributed by atoms with E-state index in [0.717, 1.165) is 0 Å². The number of benzene rings is 2. The molecule has 0 fully saturated rings. The van der Waals surface area contributed by atoms with E-state index in [4.69, 9.17) is 0 Å². The van der Waals surface area contributed by atoms with E-state index >= 15 is 0 Å². The molecule has 0 spiro atoms. The number of pyridine rings is 2. The van der Waals surface area contributed by atoms with Crippen molar-refractivity contribution in [2.45, 2.75) is 0 Å². The first-order valence-electron chi connectivity index (χ1n) is 8.35. The summed E-state index contributed by atoms with van der Waals surface area (Å²) in [6.45, 7) is 0. The molecule has 2 aromatic heterocycles. The normalized spacial score (nSPS) is 10.3. The highest BCUT2D eigenvalue weighted by Gasteiger charge is 2.24. The summed E-state index contributed by atoms with van der Waals surface area (Å²) >= 11 is 0. The van der Waals surface area contributed by atoms with Crippen LogP contribution in [0.3, 0.4) is 0 Å². The monoisotopic (exact) mass is 408 g/mol. The maximum atomic E-state index is 11.1. The highest BCUT2D eigenvalue weighted by atomic mass is 16.6. The van der Waals surface area contributed by atoms with Gasteiger partial charge in [0.05, 0.1) is 38.0 Å². The topological polar surface area (TPSA) is 157 Å². The van der Waals surface area contributed by atoms with Gasteiger partial charge < -0.3 is 5.11 Å². The molecule has 0 unspecified atom stereocenters. The Morgan fingerprint density at radius 2 is 1.30 bits per heavy atom. The van der Waals surface area contributed by atoms with Crippen molar-refractivity contribution >= 4 is 33.4 Å². The van der Waals surface area contributed by atoms with Crippen LogP contribution in [0.15, 0.2) is 73.1 Å². The van der Waals surface area contributed by atoms with Crippen LogP contribution in [0.2, 0.25) is 0 Å². The van der Waals surface area contributed by atoms with E-state index in [1.54, 1.807) is 0 Å². The second-order valence-electron chi connectivity index (χ2n) is 5.98. The fraction of sp³-hybridized carbons (Fsp3) is 0. The number of fused-ring (bicyclic) bond motifs is 3. The zero-order chi connectivity index (χ0) is 21.8. The smallest absolute Gasteiger partial charge is 0.283 e. The quantitative estimate of drug-likeness (QED) is 0.218. The average Bonchev–Trinajstić information content (AvgIpc) is 2.73. The van der Waals surface area contributed by atoms with Crippen molar-refractivity contribution in [3.05, 3.63) is 103 Å². The lowest BCUT2D eigenvalue weighted by Crippen LogP contribution is -2.19. The van der Waals surface area contributed by atoms with Crippen molar-refractivity contribution < 1.29 is 24.3 Å². The Labute approximate surface area is 167 Å². The van der Waals surface area contributed by atoms with Crippen LogP contribution in [0.4, 0.5) is 17.1 Å². The molecule has 11 heteroatoms. The minimum absolute atomic E-state index is 0.384. The van der Waals surface area contributed by atoms with Crippen molar-refractivity contribution in [1.29, 1.82) is 0 Å². The molecule has 0 radical (unpaired) electrons. The summed E-state index contributed by atoms with van der Waals surface area (Å²) in [7, 11) is 0. The third-order valence-corrected chi connectivity index (χ3v) is 4.18. The van der Waals surface area contributed by atoms with Gasteiger partial charge in [0, 0.05) is 18.2 Å². The molecule has 2 aromatic carbocycles. The number of non-ortho nitro benzene ring substituents is 1. The second-order valence-corrected chi connectivity index (χ2v) is 5.98. The van der Waals surface area contributed by atoms with Gasteiger partial charge in [0.25, 0.3) is 17.1 Å². The van der Waals surface area contributed by atoms with Crippen molar-refractivity contribution in [1.82, 2.24) is 0 Å². The predicted molar refractivity (Wildman–Crippen MR) is 103 cm³/mol. The Balaban J connectivity index is 0.000000171. The molecule has 0 saturated heterocycles. The van der Waals surface area contributed by atoms with E-state index in [1.807, 2.05) is 6.07 Å². The van der Waals surface area contributed by atoms with Gasteiger partial charge in [0.15, 0.2) is 12.4 Å². The van der Waals surface area contributed by atoms with E-state index in [1.165, 1.54) is 16.3 Å². The van der Waals surface area contributed by atoms with Crippen LogP contribution in [-0.4, -0.2) is 14.8 Å². The first-order chi connectivity index (χ1) is 14.3. The minimum Gasteiger partial charge on any atom is -0.863 e. The molecule has 30 heavy (non-hydrogen) atoms. The highest BCUT2D eigenvalue weighted by Crippen LogP contribution is 2.36. The van der Waals surface area contributed by atoms with Gasteiger partial charge in [-0.05, 0) is 17.5 Å². The molecule has 0 amide bonds. The molecule has 150 valence electrons. The van der Waals surface area contributed by atoms with Gasteiger partial charge in [0.1, 0.15) is 0 Å². The van der Waals surface area contributed by atoms with Gasteiger partial charge in [-0.2, -0.15) is 4.40 Å². The zero-order valence-electron chi connectivity index (χ0n) is 15.1.